The summed E-state index contributed by atoms with van der Waals surface area (Å²) in [5.74, 6) is 0. The van der Waals surface area contributed by atoms with E-state index in [2.05, 4.69) is 4.98 Å². The number of benzene rings is 1. The summed E-state index contributed by atoms with van der Waals surface area (Å²) >= 11 is 0. The monoisotopic (exact) mass is 276 g/mol. The molecule has 100 valence electrons. The highest BCUT2D eigenvalue weighted by molar-refractivity contribution is 7.90. The summed E-state index contributed by atoms with van der Waals surface area (Å²) in [5.41, 5.74) is 2.58. The summed E-state index contributed by atoms with van der Waals surface area (Å²) in [6.45, 7) is 0. The molecule has 0 aliphatic rings. The van der Waals surface area contributed by atoms with E-state index in [1.807, 2.05) is 37.2 Å². The molecule has 0 atom stereocenters. The average Bonchev–Trinajstić information content (AvgIpc) is 2.38. The van der Waals surface area contributed by atoms with Crippen molar-refractivity contribution in [2.75, 3.05) is 25.3 Å². The van der Waals surface area contributed by atoms with Gasteiger partial charge in [-0.05, 0) is 24.3 Å². The van der Waals surface area contributed by atoms with Crippen molar-refractivity contribution in [2.24, 2.45) is 0 Å². The summed E-state index contributed by atoms with van der Waals surface area (Å²) in [5, 5.41) is 0. The summed E-state index contributed by atoms with van der Waals surface area (Å²) in [7, 11) is 0.703. The van der Waals surface area contributed by atoms with Crippen LogP contribution in [0.15, 0.2) is 47.5 Å². The summed E-state index contributed by atoms with van der Waals surface area (Å²) in [4.78, 5) is 6.58. The molecule has 1 heterocycles. The van der Waals surface area contributed by atoms with E-state index in [9.17, 15) is 8.42 Å². The Kier molecular flexibility index (Phi) is 3.57. The van der Waals surface area contributed by atoms with Crippen LogP contribution in [0.1, 0.15) is 0 Å². The standard InChI is InChI=1S/C14H16N2O2S/c1-16(2)12-7-8-15-14(10-12)11-5-4-6-13(9-11)19(3,17)18/h4-10H,1-3H3. The zero-order valence-electron chi connectivity index (χ0n) is 11.2. The number of hydrogen-bond acceptors (Lipinski definition) is 4. The van der Waals surface area contributed by atoms with Crippen molar-refractivity contribution in [3.05, 3.63) is 42.6 Å². The molecule has 0 fully saturated rings. The molecule has 19 heavy (non-hydrogen) atoms. The van der Waals surface area contributed by atoms with Crippen LogP contribution in [0.2, 0.25) is 0 Å². The smallest absolute Gasteiger partial charge is 0.175 e. The lowest BCUT2D eigenvalue weighted by Gasteiger charge is -2.13. The molecule has 0 radical (unpaired) electrons. The molecule has 0 unspecified atom stereocenters. The molecular weight excluding hydrogens is 260 g/mol. The van der Waals surface area contributed by atoms with E-state index < -0.39 is 9.84 Å². The third-order valence-corrected chi connectivity index (χ3v) is 3.93. The second-order valence-electron chi connectivity index (χ2n) is 4.59. The zero-order valence-corrected chi connectivity index (χ0v) is 12.0. The van der Waals surface area contributed by atoms with Gasteiger partial charge < -0.3 is 4.90 Å². The van der Waals surface area contributed by atoms with Crippen LogP contribution in [-0.4, -0.2) is 33.8 Å². The van der Waals surface area contributed by atoms with Gasteiger partial charge in [0.1, 0.15) is 0 Å². The topological polar surface area (TPSA) is 50.3 Å². The molecule has 2 aromatic rings. The van der Waals surface area contributed by atoms with Crippen molar-refractivity contribution >= 4 is 15.5 Å². The molecule has 0 saturated carbocycles. The van der Waals surface area contributed by atoms with Crippen LogP contribution in [0.25, 0.3) is 11.3 Å². The number of pyridine rings is 1. The van der Waals surface area contributed by atoms with Crippen LogP contribution in [-0.2, 0) is 9.84 Å². The van der Waals surface area contributed by atoms with Gasteiger partial charge in [-0.15, -0.1) is 0 Å². The third-order valence-electron chi connectivity index (χ3n) is 2.82. The third kappa shape index (κ3) is 3.12. The van der Waals surface area contributed by atoms with Gasteiger partial charge in [0.05, 0.1) is 10.6 Å². The van der Waals surface area contributed by atoms with Gasteiger partial charge in [-0.3, -0.25) is 4.98 Å². The van der Waals surface area contributed by atoms with Crippen molar-refractivity contribution in [1.82, 2.24) is 4.98 Å². The molecule has 1 aromatic carbocycles. The van der Waals surface area contributed by atoms with Gasteiger partial charge in [0.25, 0.3) is 0 Å². The van der Waals surface area contributed by atoms with E-state index in [4.69, 9.17) is 0 Å². The minimum atomic E-state index is -3.20. The first-order valence-corrected chi connectivity index (χ1v) is 7.71. The fourth-order valence-corrected chi connectivity index (χ4v) is 2.41. The normalized spacial score (nSPS) is 11.3. The molecule has 4 nitrogen and oxygen atoms in total. The Morgan fingerprint density at radius 2 is 1.84 bits per heavy atom. The highest BCUT2D eigenvalue weighted by Gasteiger charge is 2.09. The number of sulfone groups is 1. The molecule has 0 bridgehead atoms. The SMILES string of the molecule is CN(C)c1ccnc(-c2cccc(S(C)(=O)=O)c2)c1. The van der Waals surface area contributed by atoms with Crippen LogP contribution in [0.3, 0.4) is 0 Å². The maximum absolute atomic E-state index is 11.6. The number of aromatic nitrogens is 1. The van der Waals surface area contributed by atoms with Gasteiger partial charge in [-0.2, -0.15) is 0 Å². The molecule has 2 rings (SSSR count). The molecule has 0 spiro atoms. The Labute approximate surface area is 113 Å². The van der Waals surface area contributed by atoms with Gasteiger partial charge in [0.2, 0.25) is 0 Å². The average molecular weight is 276 g/mol. The van der Waals surface area contributed by atoms with Crippen LogP contribution < -0.4 is 4.90 Å². The van der Waals surface area contributed by atoms with Gasteiger partial charge in [-0.1, -0.05) is 12.1 Å². The Bertz CT molecular complexity index is 694. The predicted octanol–water partition coefficient (Wildman–Crippen LogP) is 2.22. The molecule has 0 amide bonds. The Morgan fingerprint density at radius 3 is 2.47 bits per heavy atom. The molecular formula is C14H16N2O2S. The number of nitrogens with zero attached hydrogens (tertiary/aromatic N) is 2. The lowest BCUT2D eigenvalue weighted by molar-refractivity contribution is 0.602. The lowest BCUT2D eigenvalue weighted by Crippen LogP contribution is -2.08. The van der Waals surface area contributed by atoms with E-state index in [0.717, 1.165) is 16.9 Å². The fourth-order valence-electron chi connectivity index (χ4n) is 1.74. The highest BCUT2D eigenvalue weighted by atomic mass is 32.2. The lowest BCUT2D eigenvalue weighted by atomic mass is 10.1. The largest absolute Gasteiger partial charge is 0.378 e. The number of anilines is 1. The maximum Gasteiger partial charge on any atom is 0.175 e. The van der Waals surface area contributed by atoms with Crippen molar-refractivity contribution in [3.63, 3.8) is 0 Å². The van der Waals surface area contributed by atoms with E-state index in [0.29, 0.717) is 4.90 Å². The van der Waals surface area contributed by atoms with Gasteiger partial charge in [0.15, 0.2) is 9.84 Å². The van der Waals surface area contributed by atoms with E-state index in [1.54, 1.807) is 24.4 Å². The second kappa shape index (κ2) is 5.01. The van der Waals surface area contributed by atoms with Gasteiger partial charge in [0, 0.05) is 37.8 Å². The van der Waals surface area contributed by atoms with E-state index >= 15 is 0 Å². The van der Waals surface area contributed by atoms with Crippen molar-refractivity contribution in [3.8, 4) is 11.3 Å². The van der Waals surface area contributed by atoms with Crippen LogP contribution in [0.4, 0.5) is 5.69 Å². The Morgan fingerprint density at radius 1 is 1.11 bits per heavy atom. The molecule has 0 aliphatic carbocycles. The fraction of sp³-hybridized carbons (Fsp3) is 0.214. The summed E-state index contributed by atoms with van der Waals surface area (Å²) < 4.78 is 23.1. The first-order valence-electron chi connectivity index (χ1n) is 5.82. The minimum Gasteiger partial charge on any atom is -0.378 e. The van der Waals surface area contributed by atoms with Crippen LogP contribution in [0, 0.1) is 0 Å². The van der Waals surface area contributed by atoms with E-state index in [1.165, 1.54) is 6.26 Å². The van der Waals surface area contributed by atoms with Crippen LogP contribution in [0.5, 0.6) is 0 Å². The summed E-state index contributed by atoms with van der Waals surface area (Å²) in [6.07, 6.45) is 2.92. The predicted molar refractivity (Wildman–Crippen MR) is 77.1 cm³/mol. The zero-order chi connectivity index (χ0) is 14.0. The van der Waals surface area contributed by atoms with Crippen molar-refractivity contribution in [2.45, 2.75) is 4.90 Å². The quantitative estimate of drug-likeness (QED) is 0.862. The molecule has 0 N–H and O–H groups in total. The molecule has 0 saturated heterocycles. The molecule has 1 aromatic heterocycles. The van der Waals surface area contributed by atoms with E-state index in [-0.39, 0.29) is 0 Å². The molecule has 5 heteroatoms. The van der Waals surface area contributed by atoms with Crippen molar-refractivity contribution in [1.29, 1.82) is 0 Å². The molecule has 0 aliphatic heterocycles. The first kappa shape index (κ1) is 13.5. The van der Waals surface area contributed by atoms with Gasteiger partial charge >= 0.3 is 0 Å². The van der Waals surface area contributed by atoms with Crippen molar-refractivity contribution < 1.29 is 8.42 Å². The summed E-state index contributed by atoms with van der Waals surface area (Å²) in [6, 6.07) is 10.7. The second-order valence-corrected chi connectivity index (χ2v) is 6.61. The minimum absolute atomic E-state index is 0.307. The highest BCUT2D eigenvalue weighted by Crippen LogP contribution is 2.23. The van der Waals surface area contributed by atoms with Crippen LogP contribution >= 0.6 is 0 Å². The Hall–Kier alpha value is -1.88. The Balaban J connectivity index is 2.51. The van der Waals surface area contributed by atoms with Gasteiger partial charge in [-0.25, -0.2) is 8.42 Å². The first-order chi connectivity index (χ1) is 8.88. The maximum atomic E-state index is 11.6. The number of hydrogen-bond donors (Lipinski definition) is 0. The number of rotatable bonds is 3.